The molecule has 0 unspecified atom stereocenters. The molecule has 1 aromatic carbocycles. The van der Waals surface area contributed by atoms with E-state index in [1.54, 1.807) is 0 Å². The molecule has 0 spiro atoms. The summed E-state index contributed by atoms with van der Waals surface area (Å²) in [6.45, 7) is 10.6. The van der Waals surface area contributed by atoms with Crippen LogP contribution in [0.1, 0.15) is 258 Å². The van der Waals surface area contributed by atoms with Crippen molar-refractivity contribution in [2.24, 2.45) is 0 Å². The average Bonchev–Trinajstić information content (AvgIpc) is 3.19. The molecule has 0 aliphatic rings. The molecule has 0 amide bonds. The van der Waals surface area contributed by atoms with E-state index in [0.717, 1.165) is 94.4 Å². The van der Waals surface area contributed by atoms with Crippen molar-refractivity contribution in [1.82, 2.24) is 0 Å². The van der Waals surface area contributed by atoms with Crippen molar-refractivity contribution in [3.05, 3.63) is 29.3 Å². The van der Waals surface area contributed by atoms with Crippen LogP contribution in [0, 0.1) is 0 Å². The maximum absolute atomic E-state index is 14.8. The smallest absolute Gasteiger partial charge is 0.0654 e. The molecule has 0 atom stereocenters. The zero-order valence-corrected chi connectivity index (χ0v) is 39.9. The van der Waals surface area contributed by atoms with E-state index >= 15 is 0 Å². The van der Waals surface area contributed by atoms with Crippen molar-refractivity contribution in [2.45, 2.75) is 265 Å². The molecule has 0 N–H and O–H groups in total. The first kappa shape index (κ1) is 52.6. The van der Waals surface area contributed by atoms with Crippen molar-refractivity contribution >= 4 is 16.9 Å². The second-order valence-corrected chi connectivity index (χ2v) is 25.4. The van der Waals surface area contributed by atoms with E-state index in [4.69, 9.17) is 3.97 Å². The molecule has 5 heteroatoms. The van der Waals surface area contributed by atoms with Crippen LogP contribution < -0.4 is 0 Å². The maximum atomic E-state index is 14.8. The second-order valence-electron chi connectivity index (χ2n) is 17.8. The molecule has 0 radical (unpaired) electrons. The van der Waals surface area contributed by atoms with E-state index in [0.29, 0.717) is 4.90 Å². The minimum Gasteiger partial charge on any atom is -0.0654 e. The van der Waals surface area contributed by atoms with Gasteiger partial charge in [-0.05, 0) is 0 Å². The monoisotopic (exact) mass is 809 g/mol. The fraction of sp³-hybridized carbons (Fsp3) is 0.880. The first-order chi connectivity index (χ1) is 26.8. The zero-order valence-electron chi connectivity index (χ0n) is 38.2. The SMILES string of the molecule is CCCCCCCCCCCCCCCc1cccc(S(=O)(=O)OP(CC)(CCCC)(CCCC)CCCC)c1CCCCCCCCCCCCCCC. The van der Waals surface area contributed by atoms with Gasteiger partial charge in [0.25, 0.3) is 0 Å². The van der Waals surface area contributed by atoms with E-state index in [1.807, 2.05) is 12.1 Å². The third-order valence-corrected chi connectivity index (χ3v) is 22.3. The molecule has 0 fully saturated rings. The Morgan fingerprint density at radius 1 is 0.418 bits per heavy atom. The first-order valence-electron chi connectivity index (χ1n) is 24.8. The van der Waals surface area contributed by atoms with Crippen LogP contribution in [0.5, 0.6) is 0 Å². The van der Waals surface area contributed by atoms with Gasteiger partial charge in [-0.2, -0.15) is 0 Å². The van der Waals surface area contributed by atoms with Gasteiger partial charge in [0.15, 0.2) is 0 Å². The van der Waals surface area contributed by atoms with Crippen molar-refractivity contribution < 1.29 is 12.4 Å². The van der Waals surface area contributed by atoms with Crippen LogP contribution in [-0.2, 0) is 26.9 Å². The fourth-order valence-corrected chi connectivity index (χ4v) is 18.6. The van der Waals surface area contributed by atoms with Gasteiger partial charge in [-0.25, -0.2) is 0 Å². The molecular formula is C50H97O3PS. The van der Waals surface area contributed by atoms with Gasteiger partial charge >= 0.3 is 251 Å². The van der Waals surface area contributed by atoms with Crippen molar-refractivity contribution in [3.8, 4) is 0 Å². The van der Waals surface area contributed by atoms with Crippen LogP contribution in [0.15, 0.2) is 23.1 Å². The molecule has 3 nitrogen and oxygen atoms in total. The standard InChI is InChI=1S/C50H97O3PS/c1-7-13-18-20-22-24-26-28-30-32-34-36-38-41-48-42-40-44-50(49(48)43-39-37-35-33-31-29-27-25-23-21-19-14-8-2)55(51,52)53-54(12-6,45-15-9-3,46-16-10-4)47-17-11-5/h40,42,44H,7-39,41,43,45-47H2,1-6H3. The Morgan fingerprint density at radius 2 is 0.745 bits per heavy atom. The van der Waals surface area contributed by atoms with Crippen LogP contribution in [-0.4, -0.2) is 33.1 Å². The quantitative estimate of drug-likeness (QED) is 0.0489. The summed E-state index contributed by atoms with van der Waals surface area (Å²) in [5.41, 5.74) is 2.35. The third kappa shape index (κ3) is 23.1. The molecule has 326 valence electrons. The van der Waals surface area contributed by atoms with E-state index in [1.165, 1.54) is 160 Å². The minimum absolute atomic E-state index is 0.505. The Hall–Kier alpha value is -0.440. The van der Waals surface area contributed by atoms with Gasteiger partial charge in [-0.3, -0.25) is 0 Å². The molecule has 0 bridgehead atoms. The van der Waals surface area contributed by atoms with Crippen LogP contribution >= 0.6 is 6.83 Å². The third-order valence-electron chi connectivity index (χ3n) is 12.9. The Bertz CT molecular complexity index is 1110. The van der Waals surface area contributed by atoms with Gasteiger partial charge in [0.2, 0.25) is 0 Å². The normalized spacial score (nSPS) is 13.0. The van der Waals surface area contributed by atoms with Gasteiger partial charge in [0.05, 0.1) is 0 Å². The van der Waals surface area contributed by atoms with Gasteiger partial charge < -0.3 is 0 Å². The molecular weight excluding hydrogens is 712 g/mol. The summed E-state index contributed by atoms with van der Waals surface area (Å²) in [6.07, 6.45) is 46.8. The zero-order chi connectivity index (χ0) is 40.4. The number of hydrogen-bond acceptors (Lipinski definition) is 3. The van der Waals surface area contributed by atoms with Crippen molar-refractivity contribution in [2.75, 3.05) is 24.6 Å². The minimum atomic E-state index is -3.90. The summed E-state index contributed by atoms with van der Waals surface area (Å²) in [4.78, 5) is 0.505. The number of aryl methyl sites for hydroxylation is 1. The van der Waals surface area contributed by atoms with Gasteiger partial charge in [0, 0.05) is 0 Å². The molecule has 0 saturated carbocycles. The first-order valence-corrected chi connectivity index (χ1v) is 29.1. The second kappa shape index (κ2) is 33.4. The predicted molar refractivity (Wildman–Crippen MR) is 250 cm³/mol. The van der Waals surface area contributed by atoms with Crippen LogP contribution in [0.2, 0.25) is 0 Å². The molecule has 0 aliphatic carbocycles. The summed E-state index contributed by atoms with van der Waals surface area (Å²) in [6, 6.07) is 6.16. The number of benzene rings is 1. The van der Waals surface area contributed by atoms with E-state index in [9.17, 15) is 8.42 Å². The van der Waals surface area contributed by atoms with Gasteiger partial charge in [-0.15, -0.1) is 0 Å². The van der Waals surface area contributed by atoms with Crippen molar-refractivity contribution in [1.29, 1.82) is 0 Å². The van der Waals surface area contributed by atoms with Crippen LogP contribution in [0.4, 0.5) is 0 Å². The van der Waals surface area contributed by atoms with Crippen molar-refractivity contribution in [3.63, 3.8) is 0 Å². The topological polar surface area (TPSA) is 43.4 Å². The number of hydrogen-bond donors (Lipinski definition) is 0. The molecule has 0 aromatic heterocycles. The Balaban J connectivity index is 3.00. The molecule has 55 heavy (non-hydrogen) atoms. The average molecular weight is 809 g/mol. The van der Waals surface area contributed by atoms with Crippen LogP contribution in [0.25, 0.3) is 0 Å². The van der Waals surface area contributed by atoms with E-state index in [2.05, 4.69) is 47.6 Å². The Kier molecular flexibility index (Phi) is 31.9. The van der Waals surface area contributed by atoms with Crippen LogP contribution in [0.3, 0.4) is 0 Å². The molecule has 1 aromatic rings. The molecule has 1 rings (SSSR count). The van der Waals surface area contributed by atoms with Gasteiger partial charge in [0.1, 0.15) is 0 Å². The predicted octanol–water partition coefficient (Wildman–Crippen LogP) is 17.5. The Morgan fingerprint density at radius 3 is 1.09 bits per heavy atom. The summed E-state index contributed by atoms with van der Waals surface area (Å²) in [7, 11) is -3.90. The van der Waals surface area contributed by atoms with Gasteiger partial charge in [-0.1, -0.05) is 97.3 Å². The molecule has 0 saturated heterocycles. The fourth-order valence-electron chi connectivity index (χ4n) is 8.98. The summed E-state index contributed by atoms with van der Waals surface area (Å²) in [5, 5.41) is 0. The summed E-state index contributed by atoms with van der Waals surface area (Å²) >= 11 is 0. The van der Waals surface area contributed by atoms with E-state index in [-0.39, 0.29) is 0 Å². The Labute approximate surface area is 346 Å². The summed E-state index contributed by atoms with van der Waals surface area (Å²) in [5.74, 6) is 0. The number of unbranched alkanes of at least 4 members (excludes halogenated alkanes) is 27. The number of rotatable bonds is 41. The molecule has 0 heterocycles. The summed E-state index contributed by atoms with van der Waals surface area (Å²) < 4.78 is 36.6. The molecule has 0 aliphatic heterocycles. The van der Waals surface area contributed by atoms with E-state index < -0.39 is 16.9 Å².